The third-order valence-electron chi connectivity index (χ3n) is 6.23. The van der Waals surface area contributed by atoms with E-state index >= 15 is 0 Å². The summed E-state index contributed by atoms with van der Waals surface area (Å²) >= 11 is 0. The molecule has 3 rings (SSSR count). The SMILES string of the molecule is CCCCCOC(=O)COc1c2ccccc2c(OCC(=O)OCCCCC)c2cc(C)c(C)cc12. The minimum Gasteiger partial charge on any atom is -0.481 e. The molecule has 3 aromatic carbocycles. The van der Waals surface area contributed by atoms with Crippen molar-refractivity contribution in [1.29, 1.82) is 0 Å². The highest BCUT2D eigenvalue weighted by molar-refractivity contribution is 6.11. The standard InChI is InChI=1S/C30H38O6/c1-5-7-11-15-33-27(31)19-35-29-23-13-9-10-14-24(23)30(26-18-22(4)21(3)17-25(26)29)36-20-28(32)34-16-12-8-6-2/h9-10,13-14,17-18H,5-8,11-12,15-16,19-20H2,1-4H3. The van der Waals surface area contributed by atoms with Crippen LogP contribution in [0.1, 0.15) is 63.5 Å². The predicted molar refractivity (Wildman–Crippen MR) is 143 cm³/mol. The summed E-state index contributed by atoms with van der Waals surface area (Å²) in [5.74, 6) is 0.420. The number of ether oxygens (including phenoxy) is 4. The highest BCUT2D eigenvalue weighted by atomic mass is 16.6. The Morgan fingerprint density at radius 2 is 1.06 bits per heavy atom. The van der Waals surface area contributed by atoms with Gasteiger partial charge in [0.15, 0.2) is 13.2 Å². The van der Waals surface area contributed by atoms with E-state index in [0.29, 0.717) is 24.7 Å². The van der Waals surface area contributed by atoms with Crippen molar-refractivity contribution in [2.75, 3.05) is 26.4 Å². The zero-order chi connectivity index (χ0) is 25.9. The Labute approximate surface area is 213 Å². The van der Waals surface area contributed by atoms with Gasteiger partial charge in [0, 0.05) is 21.5 Å². The van der Waals surface area contributed by atoms with Crippen LogP contribution in [0.15, 0.2) is 36.4 Å². The summed E-state index contributed by atoms with van der Waals surface area (Å²) in [6, 6.07) is 11.8. The van der Waals surface area contributed by atoms with E-state index in [-0.39, 0.29) is 13.2 Å². The molecule has 0 fully saturated rings. The van der Waals surface area contributed by atoms with Crippen LogP contribution in [0.25, 0.3) is 21.5 Å². The largest absolute Gasteiger partial charge is 0.481 e. The lowest BCUT2D eigenvalue weighted by Crippen LogP contribution is -2.17. The maximum Gasteiger partial charge on any atom is 0.344 e. The molecule has 0 saturated carbocycles. The maximum absolute atomic E-state index is 12.3. The van der Waals surface area contributed by atoms with E-state index in [9.17, 15) is 9.59 Å². The molecule has 0 aliphatic rings. The number of fused-ring (bicyclic) bond motifs is 2. The average molecular weight is 495 g/mol. The lowest BCUT2D eigenvalue weighted by atomic mass is 9.96. The smallest absolute Gasteiger partial charge is 0.344 e. The number of carbonyl (C=O) groups is 2. The topological polar surface area (TPSA) is 71.1 Å². The predicted octanol–water partition coefficient (Wildman–Crippen LogP) is 6.83. The van der Waals surface area contributed by atoms with Crippen LogP contribution < -0.4 is 9.47 Å². The summed E-state index contributed by atoms with van der Waals surface area (Å²) in [6.45, 7) is 8.72. The molecule has 0 amide bonds. The molecule has 3 aromatic rings. The molecule has 0 bridgehead atoms. The van der Waals surface area contributed by atoms with Gasteiger partial charge in [0.05, 0.1) is 13.2 Å². The van der Waals surface area contributed by atoms with Crippen LogP contribution in [0.5, 0.6) is 11.5 Å². The number of aryl methyl sites for hydroxylation is 2. The minimum absolute atomic E-state index is 0.178. The molecule has 0 N–H and O–H groups in total. The first-order valence-electron chi connectivity index (χ1n) is 13.0. The molecule has 0 radical (unpaired) electrons. The number of carbonyl (C=O) groups excluding carboxylic acids is 2. The summed E-state index contributed by atoms with van der Waals surface area (Å²) < 4.78 is 22.8. The third kappa shape index (κ3) is 7.12. The second-order valence-corrected chi connectivity index (χ2v) is 9.12. The van der Waals surface area contributed by atoms with Gasteiger partial charge in [-0.1, -0.05) is 63.8 Å². The second kappa shape index (κ2) is 13.7. The van der Waals surface area contributed by atoms with E-state index < -0.39 is 11.9 Å². The third-order valence-corrected chi connectivity index (χ3v) is 6.23. The molecular weight excluding hydrogens is 456 g/mol. The van der Waals surface area contributed by atoms with Gasteiger partial charge < -0.3 is 18.9 Å². The summed E-state index contributed by atoms with van der Waals surface area (Å²) in [7, 11) is 0. The van der Waals surface area contributed by atoms with E-state index in [1.807, 2.05) is 50.2 Å². The summed E-state index contributed by atoms with van der Waals surface area (Å²) in [5.41, 5.74) is 2.18. The quantitative estimate of drug-likeness (QED) is 0.139. The van der Waals surface area contributed by atoms with Crippen molar-refractivity contribution in [1.82, 2.24) is 0 Å². The summed E-state index contributed by atoms with van der Waals surface area (Å²) in [5, 5.41) is 3.25. The molecule has 0 aliphatic heterocycles. The highest BCUT2D eigenvalue weighted by Gasteiger charge is 2.19. The lowest BCUT2D eigenvalue weighted by Gasteiger charge is -2.18. The summed E-state index contributed by atoms with van der Waals surface area (Å²) in [4.78, 5) is 24.6. The monoisotopic (exact) mass is 494 g/mol. The van der Waals surface area contributed by atoms with Crippen molar-refractivity contribution in [3.05, 3.63) is 47.5 Å². The van der Waals surface area contributed by atoms with Gasteiger partial charge in [0.1, 0.15) is 11.5 Å². The van der Waals surface area contributed by atoms with E-state index in [1.165, 1.54) is 0 Å². The number of hydrogen-bond acceptors (Lipinski definition) is 6. The molecule has 0 heterocycles. The average Bonchev–Trinajstić information content (AvgIpc) is 2.87. The van der Waals surface area contributed by atoms with Crippen molar-refractivity contribution < 1.29 is 28.5 Å². The Kier molecular flexibility index (Phi) is 10.4. The molecule has 0 unspecified atom stereocenters. The van der Waals surface area contributed by atoms with Gasteiger partial charge >= 0.3 is 11.9 Å². The number of rotatable bonds is 14. The number of hydrogen-bond donors (Lipinski definition) is 0. The molecule has 0 saturated heterocycles. The van der Waals surface area contributed by atoms with E-state index in [0.717, 1.165) is 71.2 Å². The number of benzene rings is 3. The van der Waals surface area contributed by atoms with Crippen LogP contribution >= 0.6 is 0 Å². The second-order valence-electron chi connectivity index (χ2n) is 9.12. The molecule has 194 valence electrons. The Hall–Kier alpha value is -3.28. The van der Waals surface area contributed by atoms with E-state index in [1.54, 1.807) is 0 Å². The first kappa shape index (κ1) is 27.3. The first-order chi connectivity index (χ1) is 17.5. The molecule has 0 spiro atoms. The molecule has 6 heteroatoms. The zero-order valence-electron chi connectivity index (χ0n) is 22.0. The van der Waals surface area contributed by atoms with E-state index in [4.69, 9.17) is 18.9 Å². The minimum atomic E-state index is -0.390. The van der Waals surface area contributed by atoms with Crippen LogP contribution in [-0.4, -0.2) is 38.4 Å². The van der Waals surface area contributed by atoms with Gasteiger partial charge in [0.25, 0.3) is 0 Å². The zero-order valence-corrected chi connectivity index (χ0v) is 22.0. The molecule has 0 atom stereocenters. The van der Waals surface area contributed by atoms with Crippen LogP contribution in [0.4, 0.5) is 0 Å². The van der Waals surface area contributed by atoms with Crippen molar-refractivity contribution in [3.8, 4) is 11.5 Å². The number of unbranched alkanes of at least 4 members (excludes halogenated alkanes) is 4. The molecule has 0 aliphatic carbocycles. The van der Waals surface area contributed by atoms with Gasteiger partial charge in [0.2, 0.25) is 0 Å². The normalized spacial score (nSPS) is 11.0. The molecule has 0 aromatic heterocycles. The van der Waals surface area contributed by atoms with Crippen LogP contribution in [0.2, 0.25) is 0 Å². The molecular formula is C30H38O6. The van der Waals surface area contributed by atoms with E-state index in [2.05, 4.69) is 13.8 Å². The fourth-order valence-corrected chi connectivity index (χ4v) is 4.09. The molecule has 6 nitrogen and oxygen atoms in total. The van der Waals surface area contributed by atoms with Crippen LogP contribution in [0, 0.1) is 13.8 Å². The van der Waals surface area contributed by atoms with Gasteiger partial charge in [-0.2, -0.15) is 0 Å². The number of esters is 2. The first-order valence-corrected chi connectivity index (χ1v) is 13.0. The van der Waals surface area contributed by atoms with Gasteiger partial charge in [-0.25, -0.2) is 9.59 Å². The Morgan fingerprint density at radius 1 is 0.639 bits per heavy atom. The Morgan fingerprint density at radius 3 is 1.44 bits per heavy atom. The fraction of sp³-hybridized carbons (Fsp3) is 0.467. The lowest BCUT2D eigenvalue weighted by molar-refractivity contribution is -0.147. The van der Waals surface area contributed by atoms with Gasteiger partial charge in [-0.05, 0) is 49.9 Å². The Bertz CT molecular complexity index is 1090. The summed E-state index contributed by atoms with van der Waals surface area (Å²) in [6.07, 6.45) is 5.87. The van der Waals surface area contributed by atoms with Gasteiger partial charge in [-0.3, -0.25) is 0 Å². The van der Waals surface area contributed by atoms with Crippen molar-refractivity contribution >= 4 is 33.5 Å². The Balaban J connectivity index is 1.90. The van der Waals surface area contributed by atoms with Crippen molar-refractivity contribution in [3.63, 3.8) is 0 Å². The van der Waals surface area contributed by atoms with Crippen LogP contribution in [0.3, 0.4) is 0 Å². The fourth-order valence-electron chi connectivity index (χ4n) is 4.09. The molecule has 36 heavy (non-hydrogen) atoms. The van der Waals surface area contributed by atoms with Gasteiger partial charge in [-0.15, -0.1) is 0 Å². The van der Waals surface area contributed by atoms with Crippen molar-refractivity contribution in [2.24, 2.45) is 0 Å². The highest BCUT2D eigenvalue weighted by Crippen LogP contribution is 2.43. The maximum atomic E-state index is 12.3. The van der Waals surface area contributed by atoms with Crippen LogP contribution in [-0.2, 0) is 19.1 Å². The van der Waals surface area contributed by atoms with Crippen molar-refractivity contribution in [2.45, 2.75) is 66.2 Å².